The summed E-state index contributed by atoms with van der Waals surface area (Å²) in [6.07, 6.45) is 6.17. The number of hydrogen-bond acceptors (Lipinski definition) is 4. The summed E-state index contributed by atoms with van der Waals surface area (Å²) in [6, 6.07) is 2.27. The zero-order valence-corrected chi connectivity index (χ0v) is 12.8. The van der Waals surface area contributed by atoms with Gasteiger partial charge in [-0.1, -0.05) is 6.08 Å². The van der Waals surface area contributed by atoms with Crippen molar-refractivity contribution in [1.82, 2.24) is 19.7 Å². The standard InChI is InChI=1S/C16H13F2N5O/c1-3-4-11(8-19-2)22-9-12-6-14(21-23(12)16(22)24)10-5-13(17)15(18)20-7-10/h3-8H,2,9H2,1H3/b4-3-,11-8+. The molecule has 122 valence electrons. The molecule has 2 aromatic rings. The Kier molecular flexibility index (Phi) is 4.03. The molecule has 0 aromatic carbocycles. The van der Waals surface area contributed by atoms with Crippen LogP contribution in [-0.2, 0) is 6.54 Å². The molecule has 0 fully saturated rings. The number of rotatable bonds is 4. The molecule has 3 rings (SSSR count). The number of pyridine rings is 1. The van der Waals surface area contributed by atoms with Crippen LogP contribution in [0.4, 0.5) is 13.6 Å². The van der Waals surface area contributed by atoms with Gasteiger partial charge in [0.2, 0.25) is 5.95 Å². The second-order valence-corrected chi connectivity index (χ2v) is 5.03. The maximum atomic E-state index is 13.3. The molecule has 0 aliphatic carbocycles. The van der Waals surface area contributed by atoms with Crippen LogP contribution in [-0.4, -0.2) is 32.4 Å². The molecule has 0 atom stereocenters. The van der Waals surface area contributed by atoms with E-state index >= 15 is 0 Å². The van der Waals surface area contributed by atoms with Gasteiger partial charge in [0.15, 0.2) is 5.82 Å². The normalized spacial score (nSPS) is 14.5. The lowest BCUT2D eigenvalue weighted by Gasteiger charge is -2.15. The Labute approximate surface area is 136 Å². The number of aromatic nitrogens is 3. The van der Waals surface area contributed by atoms with E-state index in [1.165, 1.54) is 22.0 Å². The van der Waals surface area contributed by atoms with Crippen LogP contribution in [0.2, 0.25) is 0 Å². The second kappa shape index (κ2) is 6.15. The van der Waals surface area contributed by atoms with Crippen LogP contribution >= 0.6 is 0 Å². The lowest BCUT2D eigenvalue weighted by molar-refractivity contribution is 0.220. The lowest BCUT2D eigenvalue weighted by Crippen LogP contribution is -2.25. The number of fused-ring (bicyclic) bond motifs is 1. The minimum atomic E-state index is -1.18. The van der Waals surface area contributed by atoms with Gasteiger partial charge in [-0.2, -0.15) is 14.2 Å². The zero-order chi connectivity index (χ0) is 17.3. The summed E-state index contributed by atoms with van der Waals surface area (Å²) < 4.78 is 27.4. The Morgan fingerprint density at radius 3 is 2.83 bits per heavy atom. The van der Waals surface area contributed by atoms with Gasteiger partial charge in [-0.15, -0.1) is 0 Å². The molecule has 0 spiro atoms. The molecule has 0 unspecified atom stereocenters. The van der Waals surface area contributed by atoms with Crippen molar-refractivity contribution in [3.8, 4) is 11.3 Å². The molecule has 0 bridgehead atoms. The quantitative estimate of drug-likeness (QED) is 0.492. The largest absolute Gasteiger partial charge is 0.349 e. The van der Waals surface area contributed by atoms with Crippen LogP contribution < -0.4 is 0 Å². The van der Waals surface area contributed by atoms with Gasteiger partial charge in [0.1, 0.15) is 0 Å². The molecule has 8 heteroatoms. The summed E-state index contributed by atoms with van der Waals surface area (Å²) >= 11 is 0. The van der Waals surface area contributed by atoms with Crippen molar-refractivity contribution in [3.05, 3.63) is 59.8 Å². The van der Waals surface area contributed by atoms with Crippen molar-refractivity contribution in [2.45, 2.75) is 13.5 Å². The molecule has 0 radical (unpaired) electrons. The van der Waals surface area contributed by atoms with E-state index in [4.69, 9.17) is 0 Å². The molecule has 24 heavy (non-hydrogen) atoms. The van der Waals surface area contributed by atoms with Crippen LogP contribution in [0, 0.1) is 11.8 Å². The van der Waals surface area contributed by atoms with Gasteiger partial charge in [0.05, 0.1) is 23.6 Å². The van der Waals surface area contributed by atoms with E-state index in [-0.39, 0.29) is 12.6 Å². The number of carbonyl (C=O) groups is 1. The third kappa shape index (κ3) is 2.62. The van der Waals surface area contributed by atoms with E-state index < -0.39 is 11.8 Å². The van der Waals surface area contributed by atoms with E-state index in [2.05, 4.69) is 21.8 Å². The average Bonchev–Trinajstić information content (AvgIpc) is 3.10. The third-order valence-electron chi connectivity index (χ3n) is 3.48. The van der Waals surface area contributed by atoms with E-state index in [0.29, 0.717) is 22.6 Å². The fourth-order valence-electron chi connectivity index (χ4n) is 2.41. The molecule has 1 aliphatic rings. The first kappa shape index (κ1) is 15.7. The molecule has 6 nitrogen and oxygen atoms in total. The maximum Gasteiger partial charge on any atom is 0.349 e. The summed E-state index contributed by atoms with van der Waals surface area (Å²) in [5, 5.41) is 4.16. The number of nitrogens with zero attached hydrogens (tertiary/aromatic N) is 5. The first-order valence-corrected chi connectivity index (χ1v) is 7.06. The zero-order valence-electron chi connectivity index (χ0n) is 12.8. The monoisotopic (exact) mass is 329 g/mol. The van der Waals surface area contributed by atoms with Gasteiger partial charge in [-0.25, -0.2) is 14.2 Å². The Morgan fingerprint density at radius 1 is 1.42 bits per heavy atom. The van der Waals surface area contributed by atoms with E-state index in [0.717, 1.165) is 6.07 Å². The molecule has 1 amide bonds. The van der Waals surface area contributed by atoms with Gasteiger partial charge in [0.25, 0.3) is 0 Å². The second-order valence-electron chi connectivity index (χ2n) is 5.03. The van der Waals surface area contributed by atoms with Crippen molar-refractivity contribution in [2.75, 3.05) is 0 Å². The van der Waals surface area contributed by atoms with Crippen molar-refractivity contribution in [2.24, 2.45) is 4.99 Å². The van der Waals surface area contributed by atoms with Gasteiger partial charge in [0, 0.05) is 18.0 Å². The Morgan fingerprint density at radius 2 is 2.21 bits per heavy atom. The predicted molar refractivity (Wildman–Crippen MR) is 84.2 cm³/mol. The van der Waals surface area contributed by atoms with E-state index in [1.54, 1.807) is 18.2 Å². The number of hydrogen-bond donors (Lipinski definition) is 0. The first-order chi connectivity index (χ1) is 11.5. The highest BCUT2D eigenvalue weighted by atomic mass is 19.2. The van der Waals surface area contributed by atoms with Crippen molar-refractivity contribution in [1.29, 1.82) is 0 Å². The summed E-state index contributed by atoms with van der Waals surface area (Å²) in [5.41, 5.74) is 1.85. The first-order valence-electron chi connectivity index (χ1n) is 7.06. The van der Waals surface area contributed by atoms with Gasteiger partial charge in [-0.05, 0) is 31.9 Å². The molecule has 2 aromatic heterocycles. The highest BCUT2D eigenvalue weighted by Gasteiger charge is 2.31. The van der Waals surface area contributed by atoms with Crippen molar-refractivity contribution < 1.29 is 13.6 Å². The van der Waals surface area contributed by atoms with Gasteiger partial charge < -0.3 is 0 Å². The van der Waals surface area contributed by atoms with Gasteiger partial charge in [-0.3, -0.25) is 9.89 Å². The molecule has 0 saturated heterocycles. The van der Waals surface area contributed by atoms with Crippen LogP contribution in [0.25, 0.3) is 11.3 Å². The molecule has 3 heterocycles. The van der Waals surface area contributed by atoms with Crippen LogP contribution in [0.15, 0.2) is 47.4 Å². The summed E-state index contributed by atoms with van der Waals surface area (Å²) in [6.45, 7) is 5.50. The molecular weight excluding hydrogens is 316 g/mol. The summed E-state index contributed by atoms with van der Waals surface area (Å²) in [7, 11) is 0. The Bertz CT molecular complexity index is 885. The topological polar surface area (TPSA) is 63.4 Å². The predicted octanol–water partition coefficient (Wildman–Crippen LogP) is 3.13. The average molecular weight is 329 g/mol. The minimum absolute atomic E-state index is 0.286. The number of amides is 1. The Hall–Kier alpha value is -3.16. The molecular formula is C16H13F2N5O. The SMILES string of the molecule is C=N/C=C(\C=C/C)N1Cc2cc(-c3cnc(F)c(F)c3)nn2C1=O. The van der Waals surface area contributed by atoms with Crippen LogP contribution in [0.5, 0.6) is 0 Å². The minimum Gasteiger partial charge on any atom is -0.285 e. The number of allylic oxidation sites excluding steroid dienone is 2. The number of halogens is 2. The van der Waals surface area contributed by atoms with Crippen molar-refractivity contribution >= 4 is 12.7 Å². The smallest absolute Gasteiger partial charge is 0.285 e. The van der Waals surface area contributed by atoms with E-state index in [9.17, 15) is 13.6 Å². The summed E-state index contributed by atoms with van der Waals surface area (Å²) in [5.74, 6) is -2.24. The summed E-state index contributed by atoms with van der Waals surface area (Å²) in [4.78, 5) is 21.0. The van der Waals surface area contributed by atoms with Gasteiger partial charge >= 0.3 is 6.03 Å². The highest BCUT2D eigenvalue weighted by Crippen LogP contribution is 2.27. The number of carbonyl (C=O) groups excluding carboxylic acids is 1. The van der Waals surface area contributed by atoms with Crippen LogP contribution in [0.1, 0.15) is 12.6 Å². The van der Waals surface area contributed by atoms with Crippen molar-refractivity contribution in [3.63, 3.8) is 0 Å². The molecule has 0 N–H and O–H groups in total. The maximum absolute atomic E-state index is 13.3. The number of aliphatic imine (C=N–C) groups is 1. The molecule has 1 aliphatic heterocycles. The molecule has 0 saturated carbocycles. The fraction of sp³-hybridized carbons (Fsp3) is 0.125. The lowest BCUT2D eigenvalue weighted by atomic mass is 10.2. The Balaban J connectivity index is 1.93. The van der Waals surface area contributed by atoms with Crippen LogP contribution in [0.3, 0.4) is 0 Å². The third-order valence-corrected chi connectivity index (χ3v) is 3.48. The fourth-order valence-corrected chi connectivity index (χ4v) is 2.41. The highest BCUT2D eigenvalue weighted by molar-refractivity contribution is 5.82. The van der Waals surface area contributed by atoms with E-state index in [1.807, 2.05) is 6.92 Å².